The molecule has 2 heterocycles. The molecule has 3 nitrogen and oxygen atoms in total. The van der Waals surface area contributed by atoms with Gasteiger partial charge in [-0.25, -0.2) is 0 Å². The lowest BCUT2D eigenvalue weighted by molar-refractivity contribution is -0.136. The fourth-order valence-corrected chi connectivity index (χ4v) is 2.68. The van der Waals surface area contributed by atoms with Gasteiger partial charge in [0.25, 0.3) is 0 Å². The molecule has 1 atom stereocenters. The Morgan fingerprint density at radius 1 is 1.15 bits per heavy atom. The first-order valence-corrected chi connectivity index (χ1v) is 6.52. The van der Waals surface area contributed by atoms with Crippen LogP contribution in [-0.2, 0) is 6.18 Å². The lowest BCUT2D eigenvalue weighted by Gasteiger charge is -2.21. The third-order valence-corrected chi connectivity index (χ3v) is 3.67. The van der Waals surface area contributed by atoms with Gasteiger partial charge < -0.3 is 4.90 Å². The van der Waals surface area contributed by atoms with E-state index in [9.17, 15) is 13.2 Å². The molecule has 1 aromatic heterocycles. The normalized spacial score (nSPS) is 19.8. The number of alkyl halides is 3. The third kappa shape index (κ3) is 2.19. The molecule has 1 aromatic carbocycles. The van der Waals surface area contributed by atoms with Gasteiger partial charge in [-0.15, -0.1) is 0 Å². The van der Waals surface area contributed by atoms with Gasteiger partial charge in [0.05, 0.1) is 11.3 Å². The molecular formula is C14H14F3N3. The van der Waals surface area contributed by atoms with Gasteiger partial charge in [0.1, 0.15) is 11.0 Å². The summed E-state index contributed by atoms with van der Waals surface area (Å²) in [6, 6.07) is 2.62. The maximum atomic E-state index is 13.0. The summed E-state index contributed by atoms with van der Waals surface area (Å²) in [6.07, 6.45) is -0.632. The van der Waals surface area contributed by atoms with E-state index in [0.717, 1.165) is 31.3 Å². The molecule has 0 bridgehead atoms. The highest BCUT2D eigenvalue weighted by Crippen LogP contribution is 2.37. The van der Waals surface area contributed by atoms with Gasteiger partial charge in [-0.2, -0.15) is 13.2 Å². The van der Waals surface area contributed by atoms with Crippen LogP contribution in [0, 0.1) is 5.92 Å². The Hall–Kier alpha value is -1.85. The summed E-state index contributed by atoms with van der Waals surface area (Å²) in [7, 11) is 0. The van der Waals surface area contributed by atoms with E-state index < -0.39 is 11.7 Å². The van der Waals surface area contributed by atoms with Crippen LogP contribution in [0.3, 0.4) is 0 Å². The highest BCUT2D eigenvalue weighted by Gasteiger charge is 2.34. The summed E-state index contributed by atoms with van der Waals surface area (Å²) in [6.45, 7) is 3.83. The van der Waals surface area contributed by atoms with Crippen molar-refractivity contribution in [1.82, 2.24) is 9.97 Å². The van der Waals surface area contributed by atoms with Crippen LogP contribution < -0.4 is 4.90 Å². The van der Waals surface area contributed by atoms with E-state index in [1.54, 1.807) is 0 Å². The van der Waals surface area contributed by atoms with Crippen molar-refractivity contribution >= 4 is 16.7 Å². The van der Waals surface area contributed by atoms with Crippen LogP contribution in [0.1, 0.15) is 18.9 Å². The molecule has 6 heteroatoms. The maximum Gasteiger partial charge on any atom is 0.418 e. The second-order valence-corrected chi connectivity index (χ2v) is 5.22. The molecule has 1 unspecified atom stereocenters. The van der Waals surface area contributed by atoms with Gasteiger partial charge in [0.2, 0.25) is 0 Å². The van der Waals surface area contributed by atoms with Crippen LogP contribution in [0.25, 0.3) is 11.0 Å². The first-order chi connectivity index (χ1) is 9.47. The zero-order valence-corrected chi connectivity index (χ0v) is 11.0. The molecule has 0 spiro atoms. The molecule has 0 radical (unpaired) electrons. The Balaban J connectivity index is 2.17. The van der Waals surface area contributed by atoms with Crippen molar-refractivity contribution in [2.45, 2.75) is 19.5 Å². The van der Waals surface area contributed by atoms with Crippen LogP contribution in [0.15, 0.2) is 24.5 Å². The van der Waals surface area contributed by atoms with E-state index in [1.807, 2.05) is 0 Å². The molecule has 0 N–H and O–H groups in total. The Morgan fingerprint density at radius 3 is 2.45 bits per heavy atom. The summed E-state index contributed by atoms with van der Waals surface area (Å²) in [5.41, 5.74) is 0.274. The van der Waals surface area contributed by atoms with Crippen molar-refractivity contribution in [2.75, 3.05) is 18.0 Å². The average molecular weight is 281 g/mol. The van der Waals surface area contributed by atoms with Gasteiger partial charge in [0, 0.05) is 25.5 Å². The molecule has 0 amide bonds. The van der Waals surface area contributed by atoms with E-state index in [2.05, 4.69) is 21.8 Å². The van der Waals surface area contributed by atoms with E-state index in [4.69, 9.17) is 0 Å². The Kier molecular flexibility index (Phi) is 3.03. The summed E-state index contributed by atoms with van der Waals surface area (Å²) in [4.78, 5) is 10.1. The first-order valence-electron chi connectivity index (χ1n) is 6.52. The van der Waals surface area contributed by atoms with Gasteiger partial charge in [-0.05, 0) is 24.5 Å². The Morgan fingerprint density at radius 2 is 1.85 bits per heavy atom. The fourth-order valence-electron chi connectivity index (χ4n) is 2.68. The van der Waals surface area contributed by atoms with E-state index in [0.29, 0.717) is 11.4 Å². The van der Waals surface area contributed by atoms with Crippen molar-refractivity contribution in [3.05, 3.63) is 30.1 Å². The number of hydrogen-bond donors (Lipinski definition) is 0. The van der Waals surface area contributed by atoms with Crippen molar-refractivity contribution in [1.29, 1.82) is 0 Å². The molecule has 1 fully saturated rings. The SMILES string of the molecule is CC1CCN(c2ccc(C(F)(F)F)c3nccnc23)C1. The number of rotatable bonds is 1. The second-order valence-electron chi connectivity index (χ2n) is 5.22. The zero-order chi connectivity index (χ0) is 14.3. The van der Waals surface area contributed by atoms with Crippen LogP contribution in [0.2, 0.25) is 0 Å². The van der Waals surface area contributed by atoms with Crippen LogP contribution >= 0.6 is 0 Å². The van der Waals surface area contributed by atoms with Crippen molar-refractivity contribution in [3.8, 4) is 0 Å². The molecule has 1 saturated heterocycles. The predicted octanol–water partition coefficient (Wildman–Crippen LogP) is 3.49. The minimum atomic E-state index is -4.41. The third-order valence-electron chi connectivity index (χ3n) is 3.67. The molecule has 2 aromatic rings. The lowest BCUT2D eigenvalue weighted by atomic mass is 10.1. The first kappa shape index (κ1) is 13.1. The monoisotopic (exact) mass is 281 g/mol. The highest BCUT2D eigenvalue weighted by molar-refractivity contribution is 5.90. The standard InChI is InChI=1S/C14H14F3N3/c1-9-4-7-20(8-9)11-3-2-10(14(15,16)17)12-13(11)19-6-5-18-12/h2-3,5-6,9H,4,7-8H2,1H3. The molecule has 1 aliphatic heterocycles. The van der Waals surface area contributed by atoms with E-state index >= 15 is 0 Å². The topological polar surface area (TPSA) is 29.0 Å². The minimum absolute atomic E-state index is 0.0722. The number of benzene rings is 1. The largest absolute Gasteiger partial charge is 0.418 e. The fraction of sp³-hybridized carbons (Fsp3) is 0.429. The van der Waals surface area contributed by atoms with Crippen LogP contribution in [-0.4, -0.2) is 23.1 Å². The summed E-state index contributed by atoms with van der Waals surface area (Å²) in [5, 5.41) is 0. The summed E-state index contributed by atoms with van der Waals surface area (Å²) in [5.74, 6) is 0.545. The van der Waals surface area contributed by atoms with Crippen LogP contribution in [0.5, 0.6) is 0 Å². The van der Waals surface area contributed by atoms with E-state index in [-0.39, 0.29) is 5.52 Å². The number of hydrogen-bond acceptors (Lipinski definition) is 3. The number of nitrogens with zero attached hydrogens (tertiary/aromatic N) is 3. The predicted molar refractivity (Wildman–Crippen MR) is 70.5 cm³/mol. The zero-order valence-electron chi connectivity index (χ0n) is 11.0. The maximum absolute atomic E-state index is 13.0. The molecule has 3 rings (SSSR count). The van der Waals surface area contributed by atoms with Gasteiger partial charge >= 0.3 is 6.18 Å². The minimum Gasteiger partial charge on any atom is -0.369 e. The highest BCUT2D eigenvalue weighted by atomic mass is 19.4. The molecular weight excluding hydrogens is 267 g/mol. The number of fused-ring (bicyclic) bond motifs is 1. The smallest absolute Gasteiger partial charge is 0.369 e. The Labute approximate surface area is 114 Å². The second kappa shape index (κ2) is 4.61. The Bertz CT molecular complexity index is 639. The van der Waals surface area contributed by atoms with E-state index in [1.165, 1.54) is 18.5 Å². The van der Waals surface area contributed by atoms with Crippen molar-refractivity contribution in [3.63, 3.8) is 0 Å². The quantitative estimate of drug-likeness (QED) is 0.801. The molecule has 20 heavy (non-hydrogen) atoms. The molecule has 0 aliphatic carbocycles. The summed E-state index contributed by atoms with van der Waals surface area (Å²) < 4.78 is 39.0. The number of halogens is 3. The number of anilines is 1. The van der Waals surface area contributed by atoms with Gasteiger partial charge in [-0.3, -0.25) is 9.97 Å². The lowest BCUT2D eigenvalue weighted by Crippen LogP contribution is -2.20. The van der Waals surface area contributed by atoms with Gasteiger partial charge in [0.15, 0.2) is 0 Å². The number of aromatic nitrogens is 2. The molecule has 0 saturated carbocycles. The van der Waals surface area contributed by atoms with Crippen LogP contribution in [0.4, 0.5) is 18.9 Å². The average Bonchev–Trinajstić information content (AvgIpc) is 2.83. The molecule has 1 aliphatic rings. The molecule has 106 valence electrons. The van der Waals surface area contributed by atoms with Crippen molar-refractivity contribution < 1.29 is 13.2 Å². The summed E-state index contributed by atoms with van der Waals surface area (Å²) >= 11 is 0. The van der Waals surface area contributed by atoms with Crippen molar-refractivity contribution in [2.24, 2.45) is 5.92 Å². The van der Waals surface area contributed by atoms with Gasteiger partial charge in [-0.1, -0.05) is 6.92 Å².